The first-order valence-electron chi connectivity index (χ1n) is 9.36. The second-order valence-corrected chi connectivity index (χ2v) is 6.20. The lowest BCUT2D eigenvalue weighted by molar-refractivity contribution is 0.409. The molecule has 0 atom stereocenters. The Hall–Kier alpha value is -2.72. The maximum absolute atomic E-state index is 6.19. The Morgan fingerprint density at radius 3 is 2.29 bits per heavy atom. The van der Waals surface area contributed by atoms with Crippen molar-refractivity contribution in [3.63, 3.8) is 0 Å². The van der Waals surface area contributed by atoms with Crippen molar-refractivity contribution in [1.29, 1.82) is 0 Å². The van der Waals surface area contributed by atoms with E-state index in [4.69, 9.17) is 26.3 Å². The van der Waals surface area contributed by atoms with Crippen LogP contribution in [0.1, 0.15) is 33.4 Å². The third kappa shape index (κ3) is 4.57. The number of benzene rings is 1. The van der Waals surface area contributed by atoms with E-state index in [1.807, 2.05) is 83.2 Å². The van der Waals surface area contributed by atoms with E-state index in [0.717, 1.165) is 33.3 Å². The van der Waals surface area contributed by atoms with Crippen molar-refractivity contribution in [1.82, 2.24) is 15.0 Å². The van der Waals surface area contributed by atoms with Crippen molar-refractivity contribution in [2.24, 2.45) is 0 Å². The average Bonchev–Trinajstić information content (AvgIpc) is 2.74. The summed E-state index contributed by atoms with van der Waals surface area (Å²) in [4.78, 5) is 14.1. The molecule has 146 valence electrons. The molecule has 4 nitrogen and oxygen atoms in total. The number of halogens is 1. The molecule has 28 heavy (non-hydrogen) atoms. The Bertz CT molecular complexity index is 1080. The number of ether oxygens (including phenoxy) is 1. The topological polar surface area (TPSA) is 47.9 Å². The minimum Gasteiger partial charge on any atom is -0.495 e. The largest absolute Gasteiger partial charge is 0.495 e. The second kappa shape index (κ2) is 10.00. The molecular formula is C23H26ClN3O. The number of rotatable bonds is 3. The predicted molar refractivity (Wildman–Crippen MR) is 118 cm³/mol. The zero-order valence-electron chi connectivity index (χ0n) is 17.2. The van der Waals surface area contributed by atoms with E-state index in [1.54, 1.807) is 7.11 Å². The highest BCUT2D eigenvalue weighted by Gasteiger charge is 2.11. The molecule has 0 bridgehead atoms. The van der Waals surface area contributed by atoms with Crippen molar-refractivity contribution in [2.45, 2.75) is 34.6 Å². The van der Waals surface area contributed by atoms with Crippen LogP contribution in [0.4, 0.5) is 0 Å². The molecule has 0 unspecified atom stereocenters. The number of aryl methyl sites for hydroxylation is 1. The monoisotopic (exact) mass is 395 g/mol. The van der Waals surface area contributed by atoms with Gasteiger partial charge >= 0.3 is 0 Å². The molecule has 2 heterocycles. The minimum absolute atomic E-state index is 0.574. The average molecular weight is 396 g/mol. The van der Waals surface area contributed by atoms with Crippen LogP contribution in [0.15, 0.2) is 36.4 Å². The summed E-state index contributed by atoms with van der Waals surface area (Å²) in [5.74, 6) is 1.31. The standard InChI is InChI=1S/C21H20ClN3O.C2H6/c1-5-16-17(6-2)24-21(18-10-11-19(26-4)13(3)23-18)25-20(16)14-8-7-9-15(22)12-14;1-2/h5-12H,1-4H3;1-2H3/b16-5+,17-6+;. The Kier molecular flexibility index (Phi) is 7.70. The first-order chi connectivity index (χ1) is 13.6. The van der Waals surface area contributed by atoms with Crippen LogP contribution in [0, 0.1) is 6.92 Å². The molecule has 0 saturated carbocycles. The summed E-state index contributed by atoms with van der Waals surface area (Å²) in [7, 11) is 1.63. The molecule has 0 saturated heterocycles. The summed E-state index contributed by atoms with van der Waals surface area (Å²) in [6, 6.07) is 11.4. The van der Waals surface area contributed by atoms with E-state index in [9.17, 15) is 0 Å². The zero-order chi connectivity index (χ0) is 20.7. The van der Waals surface area contributed by atoms with Crippen LogP contribution in [0.5, 0.6) is 5.75 Å². The SMILES string of the molecule is C/C=c1/c(-c2cccc(Cl)c2)nc(-c2ccc(OC)c(C)n2)n/c1=C/C.CC. The zero-order valence-corrected chi connectivity index (χ0v) is 18.0. The van der Waals surface area contributed by atoms with Crippen LogP contribution in [-0.4, -0.2) is 22.1 Å². The van der Waals surface area contributed by atoms with E-state index < -0.39 is 0 Å². The Morgan fingerprint density at radius 2 is 1.71 bits per heavy atom. The molecule has 0 radical (unpaired) electrons. The van der Waals surface area contributed by atoms with Gasteiger partial charge < -0.3 is 4.74 Å². The van der Waals surface area contributed by atoms with Crippen molar-refractivity contribution < 1.29 is 4.74 Å². The minimum atomic E-state index is 0.574. The first kappa shape index (κ1) is 21.6. The molecule has 0 N–H and O–H groups in total. The fraction of sp³-hybridized carbons (Fsp3) is 0.261. The van der Waals surface area contributed by atoms with Crippen molar-refractivity contribution in [3.8, 4) is 28.5 Å². The van der Waals surface area contributed by atoms with Gasteiger partial charge in [0.2, 0.25) is 0 Å². The van der Waals surface area contributed by atoms with E-state index in [2.05, 4.69) is 4.98 Å². The van der Waals surface area contributed by atoms with Gasteiger partial charge in [0.1, 0.15) is 11.4 Å². The van der Waals surface area contributed by atoms with Gasteiger partial charge in [-0.2, -0.15) is 0 Å². The van der Waals surface area contributed by atoms with Crippen LogP contribution in [0.3, 0.4) is 0 Å². The maximum Gasteiger partial charge on any atom is 0.179 e. The van der Waals surface area contributed by atoms with Gasteiger partial charge in [0, 0.05) is 15.8 Å². The van der Waals surface area contributed by atoms with Crippen LogP contribution in [0.2, 0.25) is 5.02 Å². The van der Waals surface area contributed by atoms with Gasteiger partial charge in [0.25, 0.3) is 0 Å². The summed E-state index contributed by atoms with van der Waals surface area (Å²) in [5.41, 5.74) is 3.29. The van der Waals surface area contributed by atoms with Gasteiger partial charge in [-0.25, -0.2) is 15.0 Å². The summed E-state index contributed by atoms with van der Waals surface area (Å²) in [6.45, 7) is 9.85. The Labute approximate surface area is 171 Å². The van der Waals surface area contributed by atoms with Crippen molar-refractivity contribution in [2.75, 3.05) is 7.11 Å². The highest BCUT2D eigenvalue weighted by atomic mass is 35.5. The molecular weight excluding hydrogens is 370 g/mol. The summed E-state index contributed by atoms with van der Waals surface area (Å²) < 4.78 is 5.29. The van der Waals surface area contributed by atoms with Crippen molar-refractivity contribution in [3.05, 3.63) is 57.7 Å². The van der Waals surface area contributed by atoms with Gasteiger partial charge in [-0.15, -0.1) is 0 Å². The number of pyridine rings is 1. The molecule has 0 spiro atoms. The molecule has 3 aromatic rings. The van der Waals surface area contributed by atoms with Gasteiger partial charge in [-0.05, 0) is 45.0 Å². The fourth-order valence-corrected chi connectivity index (χ4v) is 3.04. The van der Waals surface area contributed by atoms with Crippen LogP contribution < -0.4 is 15.3 Å². The summed E-state index contributed by atoms with van der Waals surface area (Å²) >= 11 is 6.19. The lowest BCUT2D eigenvalue weighted by atomic mass is 10.1. The van der Waals surface area contributed by atoms with Gasteiger partial charge in [-0.3, -0.25) is 0 Å². The maximum atomic E-state index is 6.19. The highest BCUT2D eigenvalue weighted by molar-refractivity contribution is 6.30. The van der Waals surface area contributed by atoms with E-state index in [-0.39, 0.29) is 0 Å². The predicted octanol–water partition coefficient (Wildman–Crippen LogP) is 4.80. The van der Waals surface area contributed by atoms with Crippen LogP contribution in [0.25, 0.3) is 34.9 Å². The lowest BCUT2D eigenvalue weighted by Crippen LogP contribution is -2.31. The van der Waals surface area contributed by atoms with E-state index in [1.165, 1.54) is 0 Å². The Balaban J connectivity index is 0.00000136. The van der Waals surface area contributed by atoms with Crippen LogP contribution >= 0.6 is 11.6 Å². The molecule has 0 fully saturated rings. The quantitative estimate of drug-likeness (QED) is 0.638. The normalized spacial score (nSPS) is 11.8. The fourth-order valence-electron chi connectivity index (χ4n) is 2.85. The molecule has 0 amide bonds. The smallest absolute Gasteiger partial charge is 0.179 e. The first-order valence-corrected chi connectivity index (χ1v) is 9.74. The third-order valence-corrected chi connectivity index (χ3v) is 4.36. The number of methoxy groups -OCH3 is 1. The number of hydrogen-bond donors (Lipinski definition) is 0. The van der Waals surface area contributed by atoms with E-state index in [0.29, 0.717) is 16.5 Å². The third-order valence-electron chi connectivity index (χ3n) is 4.12. The molecule has 2 aromatic heterocycles. The van der Waals surface area contributed by atoms with Gasteiger partial charge in [-0.1, -0.05) is 49.7 Å². The number of hydrogen-bond acceptors (Lipinski definition) is 4. The van der Waals surface area contributed by atoms with Gasteiger partial charge in [0.05, 0.1) is 23.8 Å². The molecule has 3 rings (SSSR count). The summed E-state index contributed by atoms with van der Waals surface area (Å²) in [6.07, 6.45) is 3.99. The Morgan fingerprint density at radius 1 is 0.964 bits per heavy atom. The molecule has 0 aliphatic rings. The molecule has 0 aliphatic carbocycles. The highest BCUT2D eigenvalue weighted by Crippen LogP contribution is 2.22. The van der Waals surface area contributed by atoms with Crippen LogP contribution in [-0.2, 0) is 0 Å². The molecule has 5 heteroatoms. The van der Waals surface area contributed by atoms with Crippen molar-refractivity contribution >= 4 is 23.8 Å². The lowest BCUT2D eigenvalue weighted by Gasteiger charge is -2.09. The van der Waals surface area contributed by atoms with Gasteiger partial charge in [0.15, 0.2) is 5.82 Å². The number of aromatic nitrogens is 3. The molecule has 0 aliphatic heterocycles. The molecule has 1 aromatic carbocycles. The summed E-state index contributed by atoms with van der Waals surface area (Å²) in [5, 5.41) is 2.51. The van der Waals surface area contributed by atoms with E-state index >= 15 is 0 Å². The second-order valence-electron chi connectivity index (χ2n) is 5.77. The number of nitrogens with zero attached hydrogens (tertiary/aromatic N) is 3.